The molecule has 4 rings (SSSR count). The number of aromatic nitrogens is 7. The highest BCUT2D eigenvalue weighted by Gasteiger charge is 2.18. The number of nitrogens with zero attached hydrogens (tertiary/aromatic N) is 8. The van der Waals surface area contributed by atoms with Gasteiger partial charge in [0.15, 0.2) is 11.6 Å². The molecule has 1 aromatic carbocycles. The number of nitrogens with one attached hydrogen (secondary N) is 1. The molecule has 13 heteroatoms. The summed E-state index contributed by atoms with van der Waals surface area (Å²) in [7, 11) is 1.54. The molecule has 3 aromatic heterocycles. The molecule has 11 nitrogen and oxygen atoms in total. The van der Waals surface area contributed by atoms with Gasteiger partial charge in [-0.2, -0.15) is 10.2 Å². The minimum atomic E-state index is -0.568. The van der Waals surface area contributed by atoms with E-state index in [2.05, 4.69) is 30.5 Å². The highest BCUT2D eigenvalue weighted by atomic mass is 35.5. The summed E-state index contributed by atoms with van der Waals surface area (Å²) in [6.45, 7) is 2.54. The number of carbonyl (C=O) groups excluding carboxylic acids is 1. The van der Waals surface area contributed by atoms with Gasteiger partial charge in [0.25, 0.3) is 0 Å². The third-order valence-corrected chi connectivity index (χ3v) is 5.26. The molecule has 0 saturated carbocycles. The van der Waals surface area contributed by atoms with Crippen molar-refractivity contribution in [3.05, 3.63) is 71.7 Å². The van der Waals surface area contributed by atoms with Crippen molar-refractivity contribution in [1.82, 2.24) is 44.7 Å². The van der Waals surface area contributed by atoms with Crippen LogP contribution in [0.2, 0.25) is 5.02 Å². The van der Waals surface area contributed by atoms with E-state index in [-0.39, 0.29) is 24.1 Å². The molecule has 4 aromatic rings. The van der Waals surface area contributed by atoms with Crippen molar-refractivity contribution in [3.63, 3.8) is 0 Å². The van der Waals surface area contributed by atoms with Crippen molar-refractivity contribution >= 4 is 17.6 Å². The molecule has 1 N–H and O–H groups in total. The number of rotatable bonds is 8. The molecule has 0 spiro atoms. The number of amides is 2. The maximum absolute atomic E-state index is 13.9. The van der Waals surface area contributed by atoms with E-state index in [1.807, 2.05) is 6.92 Å². The van der Waals surface area contributed by atoms with Crippen LogP contribution >= 0.6 is 11.6 Å². The predicted molar refractivity (Wildman–Crippen MR) is 120 cm³/mol. The Hall–Kier alpha value is -4.06. The molecular formula is C21H21ClFN9O2. The molecular weight excluding hydrogens is 465 g/mol. The normalized spacial score (nSPS) is 10.8. The SMILES string of the molecule is CCN(Cc1ncnn1-c1ccc(Cl)c(F)c1)C(=O)NCc1ncnn1-c1ccc(OC)nc1. The van der Waals surface area contributed by atoms with E-state index in [0.717, 1.165) is 0 Å². The first-order valence-corrected chi connectivity index (χ1v) is 10.6. The van der Waals surface area contributed by atoms with Crippen molar-refractivity contribution in [2.75, 3.05) is 13.7 Å². The average molecular weight is 486 g/mol. The fourth-order valence-electron chi connectivity index (χ4n) is 3.19. The summed E-state index contributed by atoms with van der Waals surface area (Å²) in [5.74, 6) is 0.899. The van der Waals surface area contributed by atoms with E-state index in [1.165, 1.54) is 36.6 Å². The fourth-order valence-corrected chi connectivity index (χ4v) is 3.31. The standard InChI is InChI=1S/C21H21ClFN9O2/c1-3-30(11-19-27-13-28-31(19)14-4-6-16(22)17(23)8-14)21(33)25-10-18-26-12-29-32(18)15-5-7-20(34-2)24-9-15/h4-9,12-13H,3,10-11H2,1-2H3,(H,25,33). The Kier molecular flexibility index (Phi) is 6.97. The number of hydrogen-bond acceptors (Lipinski definition) is 7. The van der Waals surface area contributed by atoms with Crippen LogP contribution in [-0.2, 0) is 13.1 Å². The van der Waals surface area contributed by atoms with Crippen LogP contribution in [-0.4, -0.2) is 59.1 Å². The van der Waals surface area contributed by atoms with Crippen LogP contribution in [0.4, 0.5) is 9.18 Å². The largest absolute Gasteiger partial charge is 0.481 e. The van der Waals surface area contributed by atoms with Crippen molar-refractivity contribution in [2.45, 2.75) is 20.0 Å². The Morgan fingerprint density at radius 3 is 2.44 bits per heavy atom. The number of urea groups is 1. The average Bonchev–Trinajstić information content (AvgIpc) is 3.52. The lowest BCUT2D eigenvalue weighted by atomic mass is 10.3. The second kappa shape index (κ2) is 10.3. The minimum absolute atomic E-state index is 0.0123. The molecule has 0 saturated heterocycles. The minimum Gasteiger partial charge on any atom is -0.481 e. The zero-order valence-electron chi connectivity index (χ0n) is 18.4. The third-order valence-electron chi connectivity index (χ3n) is 4.96. The van der Waals surface area contributed by atoms with Crippen molar-refractivity contribution < 1.29 is 13.9 Å². The van der Waals surface area contributed by atoms with Gasteiger partial charge in [-0.3, -0.25) is 0 Å². The van der Waals surface area contributed by atoms with E-state index in [4.69, 9.17) is 16.3 Å². The predicted octanol–water partition coefficient (Wildman–Crippen LogP) is 2.78. The number of carbonyl (C=O) groups is 1. The quantitative estimate of drug-likeness (QED) is 0.408. The molecule has 0 aliphatic heterocycles. The van der Waals surface area contributed by atoms with Gasteiger partial charge in [-0.25, -0.2) is 33.5 Å². The van der Waals surface area contributed by atoms with Gasteiger partial charge in [-0.15, -0.1) is 0 Å². The number of methoxy groups -OCH3 is 1. The second-order valence-electron chi connectivity index (χ2n) is 7.01. The first kappa shape index (κ1) is 23.1. The monoisotopic (exact) mass is 485 g/mol. The summed E-state index contributed by atoms with van der Waals surface area (Å²) in [4.78, 5) is 27.0. The number of benzene rings is 1. The first-order valence-electron chi connectivity index (χ1n) is 10.3. The summed E-state index contributed by atoms with van der Waals surface area (Å²) in [6.07, 6.45) is 4.35. The van der Waals surface area contributed by atoms with Crippen molar-refractivity contribution in [2.24, 2.45) is 0 Å². The van der Waals surface area contributed by atoms with Gasteiger partial charge in [-0.1, -0.05) is 11.6 Å². The van der Waals surface area contributed by atoms with Crippen molar-refractivity contribution in [1.29, 1.82) is 0 Å². The van der Waals surface area contributed by atoms with Crippen LogP contribution in [0.15, 0.2) is 49.2 Å². The van der Waals surface area contributed by atoms with E-state index in [0.29, 0.717) is 35.4 Å². The highest BCUT2D eigenvalue weighted by molar-refractivity contribution is 6.30. The zero-order chi connectivity index (χ0) is 24.1. The van der Waals surface area contributed by atoms with Gasteiger partial charge in [0.1, 0.15) is 18.5 Å². The lowest BCUT2D eigenvalue weighted by Gasteiger charge is -2.21. The smallest absolute Gasteiger partial charge is 0.318 e. The molecule has 3 heterocycles. The summed E-state index contributed by atoms with van der Waals surface area (Å²) in [5, 5.41) is 11.2. The van der Waals surface area contributed by atoms with Crippen LogP contribution in [0, 0.1) is 5.82 Å². The molecule has 0 bridgehead atoms. The van der Waals surface area contributed by atoms with Crippen LogP contribution in [0.1, 0.15) is 18.6 Å². The Morgan fingerprint density at radius 2 is 1.79 bits per heavy atom. The summed E-state index contributed by atoms with van der Waals surface area (Å²) < 4.78 is 22.0. The van der Waals surface area contributed by atoms with Gasteiger partial charge < -0.3 is 15.0 Å². The number of hydrogen-bond donors (Lipinski definition) is 1. The number of pyridine rings is 1. The molecule has 0 unspecified atom stereocenters. The summed E-state index contributed by atoms with van der Waals surface area (Å²) in [5.41, 5.74) is 1.13. The Balaban J connectivity index is 1.44. The molecule has 2 amide bonds. The molecule has 0 radical (unpaired) electrons. The Morgan fingerprint density at radius 1 is 1.09 bits per heavy atom. The third kappa shape index (κ3) is 4.96. The van der Waals surface area contributed by atoms with E-state index >= 15 is 0 Å². The second-order valence-corrected chi connectivity index (χ2v) is 7.41. The van der Waals surface area contributed by atoms with Gasteiger partial charge >= 0.3 is 6.03 Å². The van der Waals surface area contributed by atoms with Crippen LogP contribution < -0.4 is 10.1 Å². The maximum Gasteiger partial charge on any atom is 0.318 e. The maximum atomic E-state index is 13.9. The van der Waals surface area contributed by atoms with Gasteiger partial charge in [0.05, 0.1) is 42.8 Å². The van der Waals surface area contributed by atoms with Gasteiger partial charge in [-0.05, 0) is 25.1 Å². The lowest BCUT2D eigenvalue weighted by molar-refractivity contribution is 0.195. The first-order chi connectivity index (χ1) is 16.5. The van der Waals surface area contributed by atoms with Gasteiger partial charge in [0, 0.05) is 18.7 Å². The molecule has 34 heavy (non-hydrogen) atoms. The molecule has 0 aliphatic carbocycles. The fraction of sp³-hybridized carbons (Fsp3) is 0.238. The summed E-state index contributed by atoms with van der Waals surface area (Å²) >= 11 is 5.77. The molecule has 0 atom stereocenters. The van der Waals surface area contributed by atoms with Gasteiger partial charge in [0.2, 0.25) is 5.88 Å². The molecule has 0 fully saturated rings. The molecule has 0 aliphatic rings. The highest BCUT2D eigenvalue weighted by Crippen LogP contribution is 2.19. The topological polar surface area (TPSA) is 116 Å². The van der Waals surface area contributed by atoms with E-state index in [1.54, 1.807) is 34.0 Å². The Bertz CT molecular complexity index is 1280. The number of halogens is 2. The van der Waals surface area contributed by atoms with Crippen molar-refractivity contribution in [3.8, 4) is 17.3 Å². The van der Waals surface area contributed by atoms with Crippen LogP contribution in [0.5, 0.6) is 5.88 Å². The van der Waals surface area contributed by atoms with E-state index in [9.17, 15) is 9.18 Å². The Labute approximate surface area is 199 Å². The lowest BCUT2D eigenvalue weighted by Crippen LogP contribution is -2.40. The molecule has 176 valence electrons. The van der Waals surface area contributed by atoms with E-state index < -0.39 is 5.82 Å². The van der Waals surface area contributed by atoms with Crippen LogP contribution in [0.3, 0.4) is 0 Å². The summed E-state index contributed by atoms with van der Waals surface area (Å²) in [6, 6.07) is 7.49. The number of ether oxygens (including phenoxy) is 1. The zero-order valence-corrected chi connectivity index (χ0v) is 19.1. The van der Waals surface area contributed by atoms with Crippen LogP contribution in [0.25, 0.3) is 11.4 Å².